The molecule has 1 saturated heterocycles. The zero-order valence-corrected chi connectivity index (χ0v) is 17.0. The Balaban J connectivity index is 1.32. The van der Waals surface area contributed by atoms with Crippen LogP contribution in [0.1, 0.15) is 48.4 Å². The van der Waals surface area contributed by atoms with E-state index in [1.807, 2.05) is 0 Å². The van der Waals surface area contributed by atoms with Crippen molar-refractivity contribution in [2.24, 2.45) is 0 Å². The van der Waals surface area contributed by atoms with Gasteiger partial charge in [0.1, 0.15) is 0 Å². The third-order valence-electron chi connectivity index (χ3n) is 6.45. The van der Waals surface area contributed by atoms with Gasteiger partial charge < -0.3 is 0 Å². The Morgan fingerprint density at radius 1 is 0.931 bits per heavy atom. The van der Waals surface area contributed by atoms with Gasteiger partial charge in [0.2, 0.25) is 0 Å². The molecular weight excluding hydrogens is 354 g/mol. The lowest BCUT2D eigenvalue weighted by molar-refractivity contribution is 0.228. The van der Waals surface area contributed by atoms with Crippen LogP contribution in [0.5, 0.6) is 0 Å². The summed E-state index contributed by atoms with van der Waals surface area (Å²) in [5.41, 5.74) is 6.87. The molecule has 1 aliphatic carbocycles. The maximum Gasteiger partial charge on any atom is 0.0649 e. The maximum absolute atomic E-state index is 4.73. The molecule has 0 N–H and O–H groups in total. The second-order valence-electron chi connectivity index (χ2n) is 8.34. The average Bonchev–Trinajstić information content (AvgIpc) is 3.24. The van der Waals surface area contributed by atoms with E-state index in [0.717, 1.165) is 18.7 Å². The summed E-state index contributed by atoms with van der Waals surface area (Å²) in [6.07, 6.45) is 10.7. The summed E-state index contributed by atoms with van der Waals surface area (Å²) < 4.78 is 2.13. The topological polar surface area (TPSA) is 21.1 Å². The van der Waals surface area contributed by atoms with Crippen LogP contribution in [0.3, 0.4) is 0 Å². The summed E-state index contributed by atoms with van der Waals surface area (Å²) in [5.74, 6) is 0.672. The van der Waals surface area contributed by atoms with E-state index in [0.29, 0.717) is 5.92 Å². The zero-order chi connectivity index (χ0) is 19.5. The van der Waals surface area contributed by atoms with Crippen LogP contribution >= 0.6 is 0 Å². The summed E-state index contributed by atoms with van der Waals surface area (Å²) >= 11 is 0. The van der Waals surface area contributed by atoms with Crippen molar-refractivity contribution >= 4 is 5.57 Å². The predicted octanol–water partition coefficient (Wildman–Crippen LogP) is 5.47. The van der Waals surface area contributed by atoms with E-state index in [1.165, 1.54) is 61.2 Å². The van der Waals surface area contributed by atoms with E-state index < -0.39 is 0 Å². The van der Waals surface area contributed by atoms with Crippen LogP contribution in [0.2, 0.25) is 0 Å². The smallest absolute Gasteiger partial charge is 0.0649 e. The van der Waals surface area contributed by atoms with E-state index in [1.54, 1.807) is 0 Å². The summed E-state index contributed by atoms with van der Waals surface area (Å²) in [7, 11) is 0. The number of nitrogens with zero attached hydrogens (tertiary/aromatic N) is 3. The van der Waals surface area contributed by atoms with E-state index >= 15 is 0 Å². The molecule has 1 aliphatic heterocycles. The first-order valence-electron chi connectivity index (χ1n) is 11.0. The number of rotatable bonds is 4. The number of para-hydroxylation sites is 1. The Labute approximate surface area is 173 Å². The lowest BCUT2D eigenvalue weighted by Crippen LogP contribution is -2.34. The van der Waals surface area contributed by atoms with Gasteiger partial charge in [-0.2, -0.15) is 5.10 Å². The van der Waals surface area contributed by atoms with Crippen LogP contribution < -0.4 is 0 Å². The Morgan fingerprint density at radius 3 is 2.55 bits per heavy atom. The molecule has 1 atom stereocenters. The highest BCUT2D eigenvalue weighted by molar-refractivity contribution is 5.69. The Morgan fingerprint density at radius 2 is 1.72 bits per heavy atom. The number of allylic oxidation sites excluding steroid dienone is 1. The van der Waals surface area contributed by atoms with Gasteiger partial charge in [0.15, 0.2) is 0 Å². The lowest BCUT2D eigenvalue weighted by atomic mass is 9.90. The molecule has 0 spiro atoms. The van der Waals surface area contributed by atoms with Crippen molar-refractivity contribution in [3.63, 3.8) is 0 Å². The van der Waals surface area contributed by atoms with Crippen molar-refractivity contribution < 1.29 is 0 Å². The van der Waals surface area contributed by atoms with Crippen LogP contribution in [0.15, 0.2) is 72.9 Å². The van der Waals surface area contributed by atoms with Crippen molar-refractivity contribution in [3.8, 4) is 5.69 Å². The van der Waals surface area contributed by atoms with E-state index in [-0.39, 0.29) is 0 Å². The predicted molar refractivity (Wildman–Crippen MR) is 119 cm³/mol. The first kappa shape index (κ1) is 18.4. The third kappa shape index (κ3) is 3.92. The van der Waals surface area contributed by atoms with Gasteiger partial charge in [-0.1, -0.05) is 54.6 Å². The molecule has 1 aromatic heterocycles. The van der Waals surface area contributed by atoms with Crippen LogP contribution in [-0.2, 0) is 6.42 Å². The Kier molecular flexibility index (Phi) is 5.31. The number of likely N-dealkylation sites (tertiary alicyclic amines) is 1. The Bertz CT molecular complexity index is 972. The molecule has 3 heteroatoms. The molecular formula is C26H29N3. The summed E-state index contributed by atoms with van der Waals surface area (Å²) in [6, 6.07) is 21.6. The number of hydrogen-bond donors (Lipinski definition) is 0. The number of benzene rings is 2. The molecule has 0 bridgehead atoms. The van der Waals surface area contributed by atoms with Gasteiger partial charge in [0.05, 0.1) is 17.6 Å². The first-order valence-corrected chi connectivity index (χ1v) is 11.0. The minimum atomic E-state index is 0.672. The number of piperidine rings is 1. The lowest BCUT2D eigenvalue weighted by Gasteiger charge is -2.32. The summed E-state index contributed by atoms with van der Waals surface area (Å²) in [5, 5.41) is 4.73. The molecule has 2 aliphatic rings. The highest BCUT2D eigenvalue weighted by Crippen LogP contribution is 2.32. The quantitative estimate of drug-likeness (QED) is 0.595. The maximum atomic E-state index is 4.73. The minimum absolute atomic E-state index is 0.672. The average molecular weight is 384 g/mol. The van der Waals surface area contributed by atoms with Gasteiger partial charge >= 0.3 is 0 Å². The molecule has 3 nitrogen and oxygen atoms in total. The number of aromatic nitrogens is 2. The SMILES string of the molecule is C(/CN1CCCC(c2ccccc2)C1)=C1\CCCc2c1cnn2-c1ccccc1. The monoisotopic (exact) mass is 383 g/mol. The molecule has 2 heterocycles. The van der Waals surface area contributed by atoms with Crippen molar-refractivity contribution in [1.29, 1.82) is 0 Å². The minimum Gasteiger partial charge on any atom is -0.299 e. The van der Waals surface area contributed by atoms with Gasteiger partial charge in [0.25, 0.3) is 0 Å². The zero-order valence-electron chi connectivity index (χ0n) is 17.0. The summed E-state index contributed by atoms with van der Waals surface area (Å²) in [6.45, 7) is 3.43. The van der Waals surface area contributed by atoms with Gasteiger partial charge in [0, 0.05) is 18.7 Å². The fraction of sp³-hybridized carbons (Fsp3) is 0.346. The molecule has 5 rings (SSSR count). The molecule has 0 amide bonds. The van der Waals surface area contributed by atoms with Gasteiger partial charge in [-0.3, -0.25) is 4.90 Å². The Hall–Kier alpha value is -2.65. The second kappa shape index (κ2) is 8.38. The first-order chi connectivity index (χ1) is 14.4. The molecule has 1 unspecified atom stereocenters. The van der Waals surface area contributed by atoms with E-state index in [2.05, 4.69) is 82.5 Å². The second-order valence-corrected chi connectivity index (χ2v) is 8.34. The molecule has 3 aromatic rings. The highest BCUT2D eigenvalue weighted by atomic mass is 15.3. The molecule has 0 saturated carbocycles. The molecule has 0 radical (unpaired) electrons. The van der Waals surface area contributed by atoms with Crippen LogP contribution in [0, 0.1) is 0 Å². The number of hydrogen-bond acceptors (Lipinski definition) is 2. The van der Waals surface area contributed by atoms with Crippen LogP contribution in [-0.4, -0.2) is 34.3 Å². The van der Waals surface area contributed by atoms with E-state index in [4.69, 9.17) is 5.10 Å². The van der Waals surface area contributed by atoms with Crippen LogP contribution in [0.4, 0.5) is 0 Å². The largest absolute Gasteiger partial charge is 0.299 e. The molecule has 2 aromatic carbocycles. The van der Waals surface area contributed by atoms with Crippen molar-refractivity contribution in [2.75, 3.05) is 19.6 Å². The summed E-state index contributed by atoms with van der Waals surface area (Å²) in [4.78, 5) is 2.63. The van der Waals surface area contributed by atoms with Crippen molar-refractivity contribution in [2.45, 2.75) is 38.0 Å². The third-order valence-corrected chi connectivity index (χ3v) is 6.45. The molecule has 1 fully saturated rings. The van der Waals surface area contributed by atoms with Crippen LogP contribution in [0.25, 0.3) is 11.3 Å². The van der Waals surface area contributed by atoms with Crippen molar-refractivity contribution in [1.82, 2.24) is 14.7 Å². The fourth-order valence-corrected chi connectivity index (χ4v) is 4.93. The van der Waals surface area contributed by atoms with E-state index in [9.17, 15) is 0 Å². The highest BCUT2D eigenvalue weighted by Gasteiger charge is 2.22. The van der Waals surface area contributed by atoms with Gasteiger partial charge in [-0.25, -0.2) is 4.68 Å². The molecule has 148 valence electrons. The van der Waals surface area contributed by atoms with Gasteiger partial charge in [-0.15, -0.1) is 0 Å². The number of fused-ring (bicyclic) bond motifs is 1. The standard InChI is InChI=1S/C26H29N3/c1-3-9-21(10-4-1)23-12-8-17-28(20-23)18-16-22-11-7-15-26-25(22)19-27-29(26)24-13-5-2-6-14-24/h1-6,9-10,13-14,16,19,23H,7-8,11-12,15,17-18,20H2/b22-16-. The normalized spacial score (nSPS) is 21.2. The van der Waals surface area contributed by atoms with Gasteiger partial charge in [-0.05, 0) is 67.8 Å². The van der Waals surface area contributed by atoms with Crippen molar-refractivity contribution in [3.05, 3.63) is 89.8 Å². The molecule has 29 heavy (non-hydrogen) atoms. The fourth-order valence-electron chi connectivity index (χ4n) is 4.93.